The molecule has 0 amide bonds. The number of hydrogen-bond donors (Lipinski definition) is 2. The number of rotatable bonds is 4. The summed E-state index contributed by atoms with van der Waals surface area (Å²) >= 11 is 0. The van der Waals surface area contributed by atoms with Gasteiger partial charge in [0.05, 0.1) is 23.0 Å². The molecule has 6 nitrogen and oxygen atoms in total. The lowest BCUT2D eigenvalue weighted by Gasteiger charge is -2.32. The summed E-state index contributed by atoms with van der Waals surface area (Å²) in [5, 5.41) is 9.15. The van der Waals surface area contributed by atoms with Crippen molar-refractivity contribution < 1.29 is 4.74 Å². The normalized spacial score (nSPS) is 15.5. The lowest BCUT2D eigenvalue weighted by molar-refractivity contribution is 0.147. The molecule has 1 saturated heterocycles. The van der Waals surface area contributed by atoms with E-state index in [2.05, 4.69) is 22.9 Å². The van der Waals surface area contributed by atoms with Crippen molar-refractivity contribution in [1.29, 1.82) is 5.26 Å². The van der Waals surface area contributed by atoms with E-state index in [1.165, 1.54) is 0 Å². The number of nitrogens with two attached hydrogens (primary N) is 2. The van der Waals surface area contributed by atoms with Gasteiger partial charge in [-0.05, 0) is 50.2 Å². The smallest absolute Gasteiger partial charge is 0.134 e. The molecule has 1 fully saturated rings. The van der Waals surface area contributed by atoms with Gasteiger partial charge in [-0.3, -0.25) is 4.90 Å². The number of aryl methyl sites for hydroxylation is 2. The van der Waals surface area contributed by atoms with Crippen LogP contribution in [0.2, 0.25) is 0 Å². The Morgan fingerprint density at radius 1 is 1.00 bits per heavy atom. The van der Waals surface area contributed by atoms with Crippen LogP contribution in [-0.4, -0.2) is 43.0 Å². The van der Waals surface area contributed by atoms with Crippen LogP contribution in [0.15, 0.2) is 24.3 Å². The Hall–Kier alpha value is -2.75. The fraction of sp³-hybridized carbons (Fsp3) is 0.381. The summed E-state index contributed by atoms with van der Waals surface area (Å²) in [5.41, 5.74) is 16.7. The number of nitriles is 1. The first kappa shape index (κ1) is 19.0. The molecule has 3 rings (SSSR count). The molecule has 0 unspecified atom stereocenters. The largest absolute Gasteiger partial charge is 0.456 e. The Bertz CT molecular complexity index is 856. The second-order valence-electron chi connectivity index (χ2n) is 7.32. The molecule has 1 aliphatic rings. The van der Waals surface area contributed by atoms with Crippen LogP contribution in [0.4, 0.5) is 11.4 Å². The Morgan fingerprint density at radius 3 is 2.19 bits per heavy atom. The van der Waals surface area contributed by atoms with Crippen molar-refractivity contribution in [2.45, 2.75) is 20.4 Å². The minimum atomic E-state index is 0.510. The Balaban J connectivity index is 1.91. The van der Waals surface area contributed by atoms with Gasteiger partial charge in [0, 0.05) is 44.4 Å². The number of anilines is 2. The number of benzene rings is 2. The zero-order chi connectivity index (χ0) is 19.6. The number of piperazine rings is 1. The van der Waals surface area contributed by atoms with E-state index >= 15 is 0 Å². The maximum atomic E-state index is 9.15. The third kappa shape index (κ3) is 4.33. The van der Waals surface area contributed by atoms with Crippen LogP contribution in [0.25, 0.3) is 0 Å². The summed E-state index contributed by atoms with van der Waals surface area (Å²) in [6, 6.07) is 9.57. The van der Waals surface area contributed by atoms with E-state index in [0.29, 0.717) is 16.9 Å². The summed E-state index contributed by atoms with van der Waals surface area (Å²) in [4.78, 5) is 4.73. The van der Waals surface area contributed by atoms with Crippen molar-refractivity contribution in [3.05, 3.63) is 46.5 Å². The monoisotopic (exact) mass is 365 g/mol. The molecule has 1 heterocycles. The van der Waals surface area contributed by atoms with Gasteiger partial charge in [0.15, 0.2) is 0 Å². The van der Waals surface area contributed by atoms with Crippen molar-refractivity contribution in [3.8, 4) is 17.6 Å². The zero-order valence-corrected chi connectivity index (χ0v) is 16.2. The fourth-order valence-electron chi connectivity index (χ4n) is 3.41. The molecule has 27 heavy (non-hydrogen) atoms. The van der Waals surface area contributed by atoms with Gasteiger partial charge in [-0.2, -0.15) is 5.26 Å². The average molecular weight is 365 g/mol. The highest BCUT2D eigenvalue weighted by Gasteiger charge is 2.18. The Kier molecular flexibility index (Phi) is 5.54. The predicted octanol–water partition coefficient (Wildman–Crippen LogP) is 2.88. The molecule has 0 aliphatic carbocycles. The van der Waals surface area contributed by atoms with Gasteiger partial charge < -0.3 is 21.1 Å². The molecule has 0 atom stereocenters. The molecule has 0 bridgehead atoms. The molecule has 2 aromatic rings. The summed E-state index contributed by atoms with van der Waals surface area (Å²) < 4.78 is 6.29. The van der Waals surface area contributed by atoms with Crippen LogP contribution < -0.4 is 16.2 Å². The van der Waals surface area contributed by atoms with Crippen molar-refractivity contribution in [2.24, 2.45) is 0 Å². The minimum absolute atomic E-state index is 0.510. The Labute approximate surface area is 160 Å². The average Bonchev–Trinajstić information content (AvgIpc) is 2.63. The predicted molar refractivity (Wildman–Crippen MR) is 109 cm³/mol. The summed E-state index contributed by atoms with van der Waals surface area (Å²) in [6.45, 7) is 8.78. The van der Waals surface area contributed by atoms with Crippen molar-refractivity contribution >= 4 is 11.4 Å². The van der Waals surface area contributed by atoms with E-state index in [9.17, 15) is 0 Å². The van der Waals surface area contributed by atoms with E-state index in [0.717, 1.165) is 60.9 Å². The van der Waals surface area contributed by atoms with Crippen LogP contribution in [0.5, 0.6) is 11.5 Å². The first-order valence-electron chi connectivity index (χ1n) is 9.15. The van der Waals surface area contributed by atoms with Gasteiger partial charge in [0.25, 0.3) is 0 Å². The van der Waals surface area contributed by atoms with Gasteiger partial charge in [-0.15, -0.1) is 0 Å². The summed E-state index contributed by atoms with van der Waals surface area (Å²) in [6.07, 6.45) is 0. The molecule has 0 saturated carbocycles. The molecular weight excluding hydrogens is 338 g/mol. The zero-order valence-electron chi connectivity index (χ0n) is 16.2. The second kappa shape index (κ2) is 7.87. The maximum absolute atomic E-state index is 9.15. The topological polar surface area (TPSA) is 91.5 Å². The SMILES string of the molecule is Cc1cc(C#N)cc(C)c1Oc1cc(N)c(N)cc1CN1CCN(C)CC1. The van der Waals surface area contributed by atoms with Crippen LogP contribution in [-0.2, 0) is 6.54 Å². The maximum Gasteiger partial charge on any atom is 0.134 e. The second-order valence-corrected chi connectivity index (χ2v) is 7.32. The lowest BCUT2D eigenvalue weighted by atomic mass is 10.1. The van der Waals surface area contributed by atoms with E-state index in [1.807, 2.05) is 32.0 Å². The molecule has 0 radical (unpaired) electrons. The summed E-state index contributed by atoms with van der Waals surface area (Å²) in [5.74, 6) is 1.48. The number of nitrogens with zero attached hydrogens (tertiary/aromatic N) is 3. The first-order chi connectivity index (χ1) is 12.9. The molecule has 142 valence electrons. The van der Waals surface area contributed by atoms with Gasteiger partial charge in [0.2, 0.25) is 0 Å². The molecule has 0 aromatic heterocycles. The highest BCUT2D eigenvalue weighted by molar-refractivity contribution is 5.68. The van der Waals surface area contributed by atoms with Gasteiger partial charge in [0.1, 0.15) is 11.5 Å². The lowest BCUT2D eigenvalue weighted by Crippen LogP contribution is -2.43. The first-order valence-corrected chi connectivity index (χ1v) is 9.15. The number of likely N-dealkylation sites (N-methyl/N-ethyl adjacent to an activating group) is 1. The number of ether oxygens (including phenoxy) is 1. The molecule has 4 N–H and O–H groups in total. The third-order valence-corrected chi connectivity index (χ3v) is 5.06. The minimum Gasteiger partial charge on any atom is -0.456 e. The molecule has 6 heteroatoms. The molecule has 2 aromatic carbocycles. The van der Waals surface area contributed by atoms with Crippen LogP contribution in [0, 0.1) is 25.2 Å². The summed E-state index contributed by atoms with van der Waals surface area (Å²) in [7, 11) is 2.14. The standard InChI is InChI=1S/C21H27N5O/c1-14-8-16(12-22)9-15(2)21(14)27-20-11-19(24)18(23)10-17(20)13-26-6-4-25(3)5-7-26/h8-11H,4-7,13,23-24H2,1-3H3. The van der Waals surface area contributed by atoms with Crippen LogP contribution in [0.3, 0.4) is 0 Å². The van der Waals surface area contributed by atoms with Crippen LogP contribution >= 0.6 is 0 Å². The highest BCUT2D eigenvalue weighted by atomic mass is 16.5. The van der Waals surface area contributed by atoms with Gasteiger partial charge in [-0.1, -0.05) is 0 Å². The molecule has 1 aliphatic heterocycles. The Morgan fingerprint density at radius 2 is 1.59 bits per heavy atom. The third-order valence-electron chi connectivity index (χ3n) is 5.06. The van der Waals surface area contributed by atoms with E-state index in [1.54, 1.807) is 6.07 Å². The quantitative estimate of drug-likeness (QED) is 0.810. The molecule has 0 spiro atoms. The van der Waals surface area contributed by atoms with E-state index < -0.39 is 0 Å². The van der Waals surface area contributed by atoms with Crippen LogP contribution in [0.1, 0.15) is 22.3 Å². The van der Waals surface area contributed by atoms with Crippen molar-refractivity contribution in [3.63, 3.8) is 0 Å². The number of hydrogen-bond acceptors (Lipinski definition) is 6. The fourth-order valence-corrected chi connectivity index (χ4v) is 3.41. The van der Waals surface area contributed by atoms with Gasteiger partial charge >= 0.3 is 0 Å². The van der Waals surface area contributed by atoms with Crippen molar-refractivity contribution in [2.75, 3.05) is 44.7 Å². The number of nitrogen functional groups attached to an aromatic ring is 2. The molecular formula is C21H27N5O. The highest BCUT2D eigenvalue weighted by Crippen LogP contribution is 2.35. The van der Waals surface area contributed by atoms with Crippen molar-refractivity contribution in [1.82, 2.24) is 9.80 Å². The van der Waals surface area contributed by atoms with Gasteiger partial charge in [-0.25, -0.2) is 0 Å². The van der Waals surface area contributed by atoms with E-state index in [-0.39, 0.29) is 0 Å². The van der Waals surface area contributed by atoms with E-state index in [4.69, 9.17) is 21.5 Å².